The molecule has 5 heteroatoms. The van der Waals surface area contributed by atoms with Crippen LogP contribution >= 0.6 is 0 Å². The average molecular weight is 303 g/mol. The van der Waals surface area contributed by atoms with Crippen molar-refractivity contribution in [2.75, 3.05) is 32.5 Å². The van der Waals surface area contributed by atoms with Gasteiger partial charge in [-0.05, 0) is 70.1 Å². The lowest BCUT2D eigenvalue weighted by Crippen LogP contribution is -2.47. The first kappa shape index (κ1) is 16.5. The largest absolute Gasteiger partial charge is 0.334 e. The van der Waals surface area contributed by atoms with Crippen molar-refractivity contribution in [1.29, 1.82) is 0 Å². The predicted molar refractivity (Wildman–Crippen MR) is 87.8 cm³/mol. The maximum atomic E-state index is 12.3. The van der Waals surface area contributed by atoms with Crippen molar-refractivity contribution < 1.29 is 9.59 Å². The van der Waals surface area contributed by atoms with Crippen molar-refractivity contribution in [3.05, 3.63) is 29.3 Å². The molecule has 0 spiro atoms. The maximum absolute atomic E-state index is 12.3. The van der Waals surface area contributed by atoms with Crippen molar-refractivity contribution in [1.82, 2.24) is 9.80 Å². The zero-order valence-corrected chi connectivity index (χ0v) is 13.8. The number of nitrogens with one attached hydrogen (secondary N) is 1. The molecule has 5 nitrogen and oxygen atoms in total. The van der Waals surface area contributed by atoms with E-state index in [-0.39, 0.29) is 6.04 Å². The second-order valence-electron chi connectivity index (χ2n) is 6.28. The second kappa shape index (κ2) is 6.92. The lowest BCUT2D eigenvalue weighted by atomic mass is 10.0. The monoisotopic (exact) mass is 303 g/mol. The van der Waals surface area contributed by atoms with E-state index < -0.39 is 11.8 Å². The van der Waals surface area contributed by atoms with Crippen LogP contribution in [0.2, 0.25) is 0 Å². The van der Waals surface area contributed by atoms with Crippen molar-refractivity contribution in [2.45, 2.75) is 32.7 Å². The number of benzene rings is 1. The zero-order chi connectivity index (χ0) is 16.3. The van der Waals surface area contributed by atoms with Crippen LogP contribution in [0.3, 0.4) is 0 Å². The molecule has 0 unspecified atom stereocenters. The van der Waals surface area contributed by atoms with E-state index in [0.29, 0.717) is 5.69 Å². The Labute approximate surface area is 132 Å². The summed E-state index contributed by atoms with van der Waals surface area (Å²) < 4.78 is 0. The summed E-state index contributed by atoms with van der Waals surface area (Å²) in [6.07, 6.45) is 1.82. The van der Waals surface area contributed by atoms with Crippen molar-refractivity contribution in [3.8, 4) is 0 Å². The van der Waals surface area contributed by atoms with E-state index in [4.69, 9.17) is 0 Å². The number of rotatable bonds is 2. The highest BCUT2D eigenvalue weighted by Gasteiger charge is 2.27. The molecule has 0 radical (unpaired) electrons. The first-order valence-electron chi connectivity index (χ1n) is 7.72. The van der Waals surface area contributed by atoms with Crippen LogP contribution in [-0.2, 0) is 9.59 Å². The average Bonchev–Trinajstić information content (AvgIpc) is 2.45. The van der Waals surface area contributed by atoms with E-state index in [1.165, 1.54) is 0 Å². The van der Waals surface area contributed by atoms with Gasteiger partial charge < -0.3 is 15.1 Å². The first-order chi connectivity index (χ1) is 10.4. The number of hydrogen-bond acceptors (Lipinski definition) is 3. The molecule has 1 heterocycles. The molecule has 1 aliphatic heterocycles. The van der Waals surface area contributed by atoms with Gasteiger partial charge in [0.05, 0.1) is 0 Å². The van der Waals surface area contributed by atoms with Crippen molar-refractivity contribution >= 4 is 17.5 Å². The number of likely N-dealkylation sites (tertiary alicyclic amines) is 1. The third-order valence-electron chi connectivity index (χ3n) is 4.23. The number of aryl methyl sites for hydroxylation is 2. The van der Waals surface area contributed by atoms with E-state index in [1.54, 1.807) is 11.9 Å². The summed E-state index contributed by atoms with van der Waals surface area (Å²) in [5, 5.41) is 2.71. The van der Waals surface area contributed by atoms with Crippen LogP contribution in [0.15, 0.2) is 18.2 Å². The van der Waals surface area contributed by atoms with Gasteiger partial charge in [-0.15, -0.1) is 0 Å². The Morgan fingerprint density at radius 3 is 2.23 bits per heavy atom. The van der Waals surface area contributed by atoms with E-state index >= 15 is 0 Å². The minimum absolute atomic E-state index is 0.147. The zero-order valence-electron chi connectivity index (χ0n) is 13.8. The van der Waals surface area contributed by atoms with Gasteiger partial charge >= 0.3 is 11.8 Å². The van der Waals surface area contributed by atoms with Gasteiger partial charge in [0.25, 0.3) is 0 Å². The first-order valence-corrected chi connectivity index (χ1v) is 7.72. The maximum Gasteiger partial charge on any atom is 0.313 e. The molecule has 1 aromatic carbocycles. The molecule has 2 amide bonds. The lowest BCUT2D eigenvalue weighted by molar-refractivity contribution is -0.144. The summed E-state index contributed by atoms with van der Waals surface area (Å²) in [7, 11) is 3.80. The Hall–Kier alpha value is -1.88. The standard InChI is InChI=1S/C17H25N3O2/c1-12-9-13(2)11-14(10-12)18-16(21)17(22)20(4)15-5-7-19(3)8-6-15/h9-11,15H,5-8H2,1-4H3,(H,18,21). The second-order valence-corrected chi connectivity index (χ2v) is 6.28. The summed E-state index contributed by atoms with van der Waals surface area (Å²) in [6.45, 7) is 5.85. The molecule has 22 heavy (non-hydrogen) atoms. The van der Waals surface area contributed by atoms with Crippen LogP contribution in [0, 0.1) is 13.8 Å². The Morgan fingerprint density at radius 1 is 1.14 bits per heavy atom. The van der Waals surface area contributed by atoms with Crippen LogP contribution in [0.4, 0.5) is 5.69 Å². The highest BCUT2D eigenvalue weighted by molar-refractivity contribution is 6.39. The number of amides is 2. The minimum atomic E-state index is -0.563. The van der Waals surface area contributed by atoms with E-state index in [1.807, 2.05) is 32.0 Å². The fourth-order valence-electron chi connectivity index (χ4n) is 2.94. The molecule has 1 fully saturated rings. The molecule has 120 valence electrons. The molecule has 1 N–H and O–H groups in total. The van der Waals surface area contributed by atoms with Gasteiger partial charge in [-0.2, -0.15) is 0 Å². The van der Waals surface area contributed by atoms with Crippen LogP contribution in [0.1, 0.15) is 24.0 Å². The molecule has 1 aromatic rings. The van der Waals surface area contributed by atoms with Crippen LogP contribution < -0.4 is 5.32 Å². The summed E-state index contributed by atoms with van der Waals surface area (Å²) >= 11 is 0. The third kappa shape index (κ3) is 4.07. The molecule has 0 saturated carbocycles. The van der Waals surface area contributed by atoms with Gasteiger partial charge in [0.2, 0.25) is 0 Å². The lowest BCUT2D eigenvalue weighted by Gasteiger charge is -2.34. The molecule has 2 rings (SSSR count). The third-order valence-corrected chi connectivity index (χ3v) is 4.23. The Morgan fingerprint density at radius 2 is 1.68 bits per heavy atom. The quantitative estimate of drug-likeness (QED) is 0.848. The fraction of sp³-hybridized carbons (Fsp3) is 0.529. The highest BCUT2D eigenvalue weighted by atomic mass is 16.2. The summed E-state index contributed by atoms with van der Waals surface area (Å²) in [5.74, 6) is -1.03. The molecule has 1 saturated heterocycles. The van der Waals surface area contributed by atoms with Gasteiger partial charge in [-0.25, -0.2) is 0 Å². The normalized spacial score (nSPS) is 16.4. The molecule has 0 atom stereocenters. The molecule has 0 bridgehead atoms. The van der Waals surface area contributed by atoms with Gasteiger partial charge in [-0.1, -0.05) is 6.07 Å². The smallest absolute Gasteiger partial charge is 0.313 e. The highest BCUT2D eigenvalue weighted by Crippen LogP contribution is 2.16. The van der Waals surface area contributed by atoms with E-state index in [9.17, 15) is 9.59 Å². The number of nitrogens with zero attached hydrogens (tertiary/aromatic N) is 2. The predicted octanol–water partition coefficient (Wildman–Crippen LogP) is 1.79. The SMILES string of the molecule is Cc1cc(C)cc(NC(=O)C(=O)N(C)C2CCN(C)CC2)c1. The Balaban J connectivity index is 1.98. The molecule has 1 aliphatic rings. The Kier molecular flexibility index (Phi) is 5.19. The van der Waals surface area contributed by atoms with Gasteiger partial charge in [0, 0.05) is 18.8 Å². The topological polar surface area (TPSA) is 52.7 Å². The number of likely N-dealkylation sites (N-methyl/N-ethyl adjacent to an activating group) is 1. The Bertz CT molecular complexity index is 543. The number of hydrogen-bond donors (Lipinski definition) is 1. The van der Waals surface area contributed by atoms with Crippen molar-refractivity contribution in [2.24, 2.45) is 0 Å². The molecular weight excluding hydrogens is 278 g/mol. The van der Waals surface area contributed by atoms with Crippen molar-refractivity contribution in [3.63, 3.8) is 0 Å². The summed E-state index contributed by atoms with van der Waals surface area (Å²) in [6, 6.07) is 5.91. The number of piperidine rings is 1. The van der Waals surface area contributed by atoms with Gasteiger partial charge in [0.15, 0.2) is 0 Å². The van der Waals surface area contributed by atoms with Gasteiger partial charge in [0.1, 0.15) is 0 Å². The minimum Gasteiger partial charge on any atom is -0.334 e. The molecule has 0 aliphatic carbocycles. The number of anilines is 1. The van der Waals surface area contributed by atoms with E-state index in [2.05, 4.69) is 17.3 Å². The number of carbonyl (C=O) groups is 2. The van der Waals surface area contributed by atoms with Crippen LogP contribution in [-0.4, -0.2) is 54.8 Å². The number of carbonyl (C=O) groups excluding carboxylic acids is 2. The van der Waals surface area contributed by atoms with Crippen LogP contribution in [0.25, 0.3) is 0 Å². The summed E-state index contributed by atoms with van der Waals surface area (Å²) in [4.78, 5) is 28.3. The fourth-order valence-corrected chi connectivity index (χ4v) is 2.94. The molecule has 0 aromatic heterocycles. The van der Waals surface area contributed by atoms with Gasteiger partial charge in [-0.3, -0.25) is 9.59 Å². The molecular formula is C17H25N3O2. The van der Waals surface area contributed by atoms with E-state index in [0.717, 1.165) is 37.1 Å². The van der Waals surface area contributed by atoms with Crippen LogP contribution in [0.5, 0.6) is 0 Å². The summed E-state index contributed by atoms with van der Waals surface area (Å²) in [5.41, 5.74) is 2.80.